The molecule has 0 amide bonds. The Bertz CT molecular complexity index is 900. The molecule has 0 spiro atoms. The van der Waals surface area contributed by atoms with Gasteiger partial charge in [-0.2, -0.15) is 13.2 Å². The molecule has 4 N–H and O–H groups in total. The Balaban J connectivity index is 1.53. The molecule has 2 aromatic rings. The minimum atomic E-state index is -4.64. The van der Waals surface area contributed by atoms with Crippen molar-refractivity contribution in [2.75, 3.05) is 18.5 Å². The summed E-state index contributed by atoms with van der Waals surface area (Å²) >= 11 is 0. The summed E-state index contributed by atoms with van der Waals surface area (Å²) in [5.41, 5.74) is -0.103. The molecule has 0 bridgehead atoms. The molecule has 1 aliphatic rings. The van der Waals surface area contributed by atoms with Gasteiger partial charge in [-0.3, -0.25) is 4.98 Å². The van der Waals surface area contributed by atoms with Gasteiger partial charge in [0.25, 0.3) is 0 Å². The summed E-state index contributed by atoms with van der Waals surface area (Å²) in [6, 6.07) is -1.08. The molecule has 1 fully saturated rings. The van der Waals surface area contributed by atoms with Gasteiger partial charge in [-0.25, -0.2) is 15.0 Å². The van der Waals surface area contributed by atoms with Gasteiger partial charge >= 0.3 is 6.18 Å². The van der Waals surface area contributed by atoms with Crippen LogP contribution in [0.2, 0.25) is 0 Å². The summed E-state index contributed by atoms with van der Waals surface area (Å²) in [4.78, 5) is 15.7. The lowest BCUT2D eigenvalue weighted by atomic mass is 9.97. The number of aliphatic hydroxyl groups is 2. The second-order valence-corrected chi connectivity index (χ2v) is 8.57. The fraction of sp³-hybridized carbons (Fsp3) is 0.619. The molecule has 2 aromatic heterocycles. The van der Waals surface area contributed by atoms with E-state index in [9.17, 15) is 23.4 Å². The fourth-order valence-electron chi connectivity index (χ4n) is 3.50. The number of nitrogens with zero attached hydrogens (tertiary/aromatic N) is 4. The maximum Gasteiger partial charge on any atom is 0.434 e. The van der Waals surface area contributed by atoms with Crippen LogP contribution in [0.5, 0.6) is 0 Å². The Morgan fingerprint density at radius 3 is 2.42 bits per heavy atom. The van der Waals surface area contributed by atoms with Gasteiger partial charge in [0.05, 0.1) is 37.2 Å². The molecule has 3 heterocycles. The molecule has 0 aromatic carbocycles. The van der Waals surface area contributed by atoms with Gasteiger partial charge in [0.1, 0.15) is 23.9 Å². The van der Waals surface area contributed by atoms with Gasteiger partial charge in [0, 0.05) is 18.9 Å². The van der Waals surface area contributed by atoms with Gasteiger partial charge in [-0.15, -0.1) is 0 Å². The molecule has 0 aliphatic carbocycles. The highest BCUT2D eigenvalue weighted by Gasteiger charge is 2.39. The predicted octanol–water partition coefficient (Wildman–Crippen LogP) is 1.74. The summed E-state index contributed by atoms with van der Waals surface area (Å²) in [6.45, 7) is 6.29. The molecular weight excluding hydrogens is 441 g/mol. The van der Waals surface area contributed by atoms with Crippen LogP contribution in [0.3, 0.4) is 0 Å². The Labute approximate surface area is 189 Å². The molecule has 33 heavy (non-hydrogen) atoms. The third-order valence-electron chi connectivity index (χ3n) is 5.27. The molecule has 182 valence electrons. The molecule has 0 unspecified atom stereocenters. The second kappa shape index (κ2) is 10.7. The number of aliphatic hydroxyl groups excluding tert-OH is 2. The van der Waals surface area contributed by atoms with E-state index in [0.29, 0.717) is 17.9 Å². The van der Waals surface area contributed by atoms with Crippen molar-refractivity contribution in [3.63, 3.8) is 0 Å². The van der Waals surface area contributed by atoms with E-state index in [4.69, 9.17) is 4.74 Å². The molecule has 12 heteroatoms. The number of rotatable bonds is 8. The lowest BCUT2D eigenvalue weighted by Crippen LogP contribution is -2.58. The van der Waals surface area contributed by atoms with E-state index in [1.807, 2.05) is 6.92 Å². The van der Waals surface area contributed by atoms with Gasteiger partial charge in [0.2, 0.25) is 0 Å². The smallest absolute Gasteiger partial charge is 0.388 e. The van der Waals surface area contributed by atoms with Crippen molar-refractivity contribution >= 4 is 5.82 Å². The van der Waals surface area contributed by atoms with Crippen LogP contribution in [0.25, 0.3) is 0 Å². The van der Waals surface area contributed by atoms with Gasteiger partial charge < -0.3 is 25.6 Å². The van der Waals surface area contributed by atoms with Crippen molar-refractivity contribution in [2.24, 2.45) is 5.92 Å². The summed E-state index contributed by atoms with van der Waals surface area (Å²) in [5, 5.41) is 26.8. The molecule has 1 saturated heterocycles. The van der Waals surface area contributed by atoms with Crippen molar-refractivity contribution in [3.8, 4) is 0 Å². The molecule has 9 nitrogen and oxygen atoms in total. The zero-order valence-electron chi connectivity index (χ0n) is 18.6. The summed E-state index contributed by atoms with van der Waals surface area (Å²) in [5.74, 6) is 0.925. The predicted molar refractivity (Wildman–Crippen MR) is 113 cm³/mol. The van der Waals surface area contributed by atoms with Crippen LogP contribution < -0.4 is 10.6 Å². The first-order valence-corrected chi connectivity index (χ1v) is 10.7. The first-order chi connectivity index (χ1) is 15.5. The van der Waals surface area contributed by atoms with Crippen LogP contribution >= 0.6 is 0 Å². The number of aromatic nitrogens is 4. The number of halogens is 3. The SMILES string of the molecule is CC(C)Cc1cnc([C@@H](C)NC[C@H]2OC[C@H](Nc3cncc(C(F)(F)F)n3)[C@@H](O)[C@H]2O)nc1. The van der Waals surface area contributed by atoms with Gasteiger partial charge in [0.15, 0.2) is 5.69 Å². The van der Waals surface area contributed by atoms with Crippen molar-refractivity contribution < 1.29 is 28.1 Å². The lowest BCUT2D eigenvalue weighted by Gasteiger charge is -2.38. The van der Waals surface area contributed by atoms with E-state index in [-0.39, 0.29) is 25.0 Å². The minimum Gasteiger partial charge on any atom is -0.388 e. The van der Waals surface area contributed by atoms with E-state index >= 15 is 0 Å². The quantitative estimate of drug-likeness (QED) is 0.456. The maximum absolute atomic E-state index is 12.8. The Hall–Kier alpha value is -2.41. The maximum atomic E-state index is 12.8. The van der Waals surface area contributed by atoms with Crippen LogP contribution in [-0.2, 0) is 17.3 Å². The number of hydrogen-bond donors (Lipinski definition) is 4. The molecular formula is C21H29F3N6O3. The third kappa shape index (κ3) is 6.79. The van der Waals surface area contributed by atoms with Gasteiger partial charge in [-0.1, -0.05) is 13.8 Å². The summed E-state index contributed by atoms with van der Waals surface area (Å²) < 4.78 is 44.1. The van der Waals surface area contributed by atoms with Crippen molar-refractivity contribution in [2.45, 2.75) is 63.8 Å². The van der Waals surface area contributed by atoms with Crippen LogP contribution in [0, 0.1) is 5.92 Å². The summed E-state index contributed by atoms with van der Waals surface area (Å²) in [6.07, 6.45) is -1.73. The van der Waals surface area contributed by atoms with Crippen molar-refractivity contribution in [1.82, 2.24) is 25.3 Å². The molecule has 0 radical (unpaired) electrons. The number of nitrogens with one attached hydrogen (secondary N) is 2. The van der Waals surface area contributed by atoms with E-state index in [2.05, 4.69) is 44.4 Å². The molecule has 3 rings (SSSR count). The zero-order chi connectivity index (χ0) is 24.2. The first kappa shape index (κ1) is 25.2. The largest absolute Gasteiger partial charge is 0.434 e. The number of anilines is 1. The summed E-state index contributed by atoms with van der Waals surface area (Å²) in [7, 11) is 0. The highest BCUT2D eigenvalue weighted by atomic mass is 19.4. The van der Waals surface area contributed by atoms with Gasteiger partial charge in [-0.05, 0) is 24.8 Å². The molecule has 0 saturated carbocycles. The fourth-order valence-corrected chi connectivity index (χ4v) is 3.50. The normalized spacial score (nSPS) is 24.6. The zero-order valence-corrected chi connectivity index (χ0v) is 18.6. The monoisotopic (exact) mass is 470 g/mol. The molecule has 1 aliphatic heterocycles. The standard InChI is InChI=1S/C21H29F3N6O3/c1-11(2)4-13-5-27-20(28-6-13)12(3)26-7-15-19(32)18(31)14(10-33-15)29-17-9-25-8-16(30-17)21(22,23)24/h5-6,8-9,11-12,14-15,18-19,26,31-32H,4,7,10H2,1-3H3,(H,29,30)/t12-,14+,15-,18-,19+/m1/s1. The first-order valence-electron chi connectivity index (χ1n) is 10.7. The highest BCUT2D eigenvalue weighted by Crippen LogP contribution is 2.28. The highest BCUT2D eigenvalue weighted by molar-refractivity contribution is 5.34. The third-order valence-corrected chi connectivity index (χ3v) is 5.27. The Morgan fingerprint density at radius 2 is 1.79 bits per heavy atom. The Kier molecular flexibility index (Phi) is 8.16. The van der Waals surface area contributed by atoms with E-state index in [1.165, 1.54) is 0 Å². The molecule has 5 atom stereocenters. The second-order valence-electron chi connectivity index (χ2n) is 8.57. The number of ether oxygens (including phenoxy) is 1. The van der Waals surface area contributed by atoms with Crippen LogP contribution in [-0.4, -0.2) is 67.7 Å². The lowest BCUT2D eigenvalue weighted by molar-refractivity contribution is -0.141. The topological polar surface area (TPSA) is 125 Å². The van der Waals surface area contributed by atoms with E-state index in [1.54, 1.807) is 12.4 Å². The van der Waals surface area contributed by atoms with Crippen LogP contribution in [0.4, 0.5) is 19.0 Å². The Morgan fingerprint density at radius 1 is 1.09 bits per heavy atom. The van der Waals surface area contributed by atoms with Crippen LogP contribution in [0.1, 0.15) is 43.9 Å². The van der Waals surface area contributed by atoms with E-state index < -0.39 is 36.2 Å². The van der Waals surface area contributed by atoms with Crippen molar-refractivity contribution in [3.05, 3.63) is 41.9 Å². The van der Waals surface area contributed by atoms with E-state index in [0.717, 1.165) is 18.2 Å². The average molecular weight is 470 g/mol. The average Bonchev–Trinajstić information content (AvgIpc) is 2.76. The number of alkyl halides is 3. The van der Waals surface area contributed by atoms with Crippen molar-refractivity contribution in [1.29, 1.82) is 0 Å². The number of hydrogen-bond acceptors (Lipinski definition) is 9. The van der Waals surface area contributed by atoms with Crippen LogP contribution in [0.15, 0.2) is 24.8 Å². The minimum absolute atomic E-state index is 0.0444.